The summed E-state index contributed by atoms with van der Waals surface area (Å²) < 4.78 is 0. The molecular weight excluding hydrogens is 188 g/mol. The number of nitrogens with zero attached hydrogens (tertiary/aromatic N) is 1. The van der Waals surface area contributed by atoms with E-state index in [-0.39, 0.29) is 11.8 Å². The lowest BCUT2D eigenvalue weighted by Gasteiger charge is -2.37. The number of nitrogens with two attached hydrogens (primary N) is 1. The third-order valence-corrected chi connectivity index (χ3v) is 3.31. The minimum atomic E-state index is -0.0116. The van der Waals surface area contributed by atoms with Crippen LogP contribution in [0.3, 0.4) is 0 Å². The van der Waals surface area contributed by atoms with Crippen molar-refractivity contribution < 1.29 is 4.79 Å². The molecule has 3 heteroatoms. The monoisotopic (exact) mass is 212 g/mol. The minimum absolute atomic E-state index is 0.0116. The molecule has 1 aliphatic heterocycles. The third kappa shape index (κ3) is 3.20. The van der Waals surface area contributed by atoms with Gasteiger partial charge >= 0.3 is 0 Å². The normalized spacial score (nSPS) is 23.9. The van der Waals surface area contributed by atoms with E-state index in [2.05, 4.69) is 11.8 Å². The van der Waals surface area contributed by atoms with Crippen molar-refractivity contribution in [3.05, 3.63) is 0 Å². The summed E-state index contributed by atoms with van der Waals surface area (Å²) >= 11 is 0. The Bertz CT molecular complexity index is 204. The van der Waals surface area contributed by atoms with Gasteiger partial charge in [-0.1, -0.05) is 20.3 Å². The fourth-order valence-corrected chi connectivity index (χ4v) is 2.31. The molecule has 15 heavy (non-hydrogen) atoms. The van der Waals surface area contributed by atoms with Crippen molar-refractivity contribution in [1.29, 1.82) is 0 Å². The smallest absolute Gasteiger partial charge is 0.226 e. The number of carbonyl (C=O) groups excluding carboxylic acids is 1. The molecule has 0 bridgehead atoms. The molecule has 0 spiro atoms. The first-order valence-electron chi connectivity index (χ1n) is 6.21. The highest BCUT2D eigenvalue weighted by molar-refractivity contribution is 5.79. The van der Waals surface area contributed by atoms with Crippen LogP contribution < -0.4 is 5.73 Å². The van der Waals surface area contributed by atoms with Gasteiger partial charge in [-0.05, 0) is 25.7 Å². The van der Waals surface area contributed by atoms with Crippen molar-refractivity contribution in [3.63, 3.8) is 0 Å². The van der Waals surface area contributed by atoms with Crippen LogP contribution in [0, 0.1) is 5.92 Å². The van der Waals surface area contributed by atoms with Crippen LogP contribution in [0.1, 0.15) is 46.0 Å². The zero-order valence-electron chi connectivity index (χ0n) is 10.0. The van der Waals surface area contributed by atoms with Crippen LogP contribution in [0.15, 0.2) is 0 Å². The van der Waals surface area contributed by atoms with Crippen molar-refractivity contribution in [2.75, 3.05) is 13.1 Å². The summed E-state index contributed by atoms with van der Waals surface area (Å²) in [7, 11) is 0. The van der Waals surface area contributed by atoms with Gasteiger partial charge in [-0.2, -0.15) is 0 Å². The number of piperidine rings is 1. The highest BCUT2D eigenvalue weighted by Gasteiger charge is 2.28. The Morgan fingerprint density at radius 1 is 1.53 bits per heavy atom. The zero-order chi connectivity index (χ0) is 11.3. The fraction of sp³-hybridized carbons (Fsp3) is 0.917. The van der Waals surface area contributed by atoms with E-state index in [1.165, 1.54) is 12.8 Å². The average molecular weight is 212 g/mol. The van der Waals surface area contributed by atoms with Gasteiger partial charge in [-0.15, -0.1) is 0 Å². The van der Waals surface area contributed by atoms with E-state index in [0.717, 1.165) is 25.8 Å². The third-order valence-electron chi connectivity index (χ3n) is 3.31. The first-order chi connectivity index (χ1) is 7.20. The molecule has 0 aromatic carbocycles. The summed E-state index contributed by atoms with van der Waals surface area (Å²) in [4.78, 5) is 14.1. The Balaban J connectivity index is 2.58. The molecule has 1 saturated heterocycles. The highest BCUT2D eigenvalue weighted by atomic mass is 16.2. The quantitative estimate of drug-likeness (QED) is 0.772. The SMILES string of the molecule is CCCC1CCCCN1C(=O)C(C)CN. The van der Waals surface area contributed by atoms with Gasteiger partial charge in [0, 0.05) is 25.0 Å². The van der Waals surface area contributed by atoms with E-state index >= 15 is 0 Å². The van der Waals surface area contributed by atoms with Gasteiger partial charge in [0.05, 0.1) is 0 Å². The molecule has 0 aromatic heterocycles. The van der Waals surface area contributed by atoms with Crippen LogP contribution in [0.4, 0.5) is 0 Å². The lowest BCUT2D eigenvalue weighted by Crippen LogP contribution is -2.47. The Hall–Kier alpha value is -0.570. The Labute approximate surface area is 93.0 Å². The van der Waals surface area contributed by atoms with E-state index in [0.29, 0.717) is 12.6 Å². The molecule has 2 atom stereocenters. The largest absolute Gasteiger partial charge is 0.339 e. The average Bonchev–Trinajstić information content (AvgIpc) is 2.28. The van der Waals surface area contributed by atoms with Gasteiger partial charge in [0.15, 0.2) is 0 Å². The van der Waals surface area contributed by atoms with E-state index < -0.39 is 0 Å². The maximum atomic E-state index is 12.1. The van der Waals surface area contributed by atoms with Gasteiger partial charge in [0.25, 0.3) is 0 Å². The molecule has 2 unspecified atom stereocenters. The second-order valence-electron chi connectivity index (χ2n) is 4.61. The van der Waals surface area contributed by atoms with Gasteiger partial charge in [0.1, 0.15) is 0 Å². The highest BCUT2D eigenvalue weighted by Crippen LogP contribution is 2.22. The summed E-state index contributed by atoms with van der Waals surface area (Å²) in [6, 6.07) is 0.477. The van der Waals surface area contributed by atoms with Crippen molar-refractivity contribution in [2.24, 2.45) is 11.7 Å². The first kappa shape index (κ1) is 12.5. The molecule has 1 heterocycles. The second kappa shape index (κ2) is 6.11. The number of carbonyl (C=O) groups is 1. The topological polar surface area (TPSA) is 46.3 Å². The van der Waals surface area contributed by atoms with Crippen LogP contribution in [0.2, 0.25) is 0 Å². The summed E-state index contributed by atoms with van der Waals surface area (Å²) in [6.45, 7) is 5.52. The second-order valence-corrected chi connectivity index (χ2v) is 4.61. The Morgan fingerprint density at radius 3 is 2.87 bits per heavy atom. The minimum Gasteiger partial charge on any atom is -0.339 e. The summed E-state index contributed by atoms with van der Waals surface area (Å²) in [5.74, 6) is 0.248. The molecule has 1 amide bonds. The van der Waals surface area contributed by atoms with E-state index in [1.807, 2.05) is 6.92 Å². The molecule has 1 fully saturated rings. The van der Waals surface area contributed by atoms with Crippen molar-refractivity contribution in [3.8, 4) is 0 Å². The maximum absolute atomic E-state index is 12.1. The van der Waals surface area contributed by atoms with E-state index in [1.54, 1.807) is 0 Å². The first-order valence-corrected chi connectivity index (χ1v) is 6.21. The van der Waals surface area contributed by atoms with Crippen LogP contribution >= 0.6 is 0 Å². The van der Waals surface area contributed by atoms with Crippen LogP contribution in [0.25, 0.3) is 0 Å². The van der Waals surface area contributed by atoms with Gasteiger partial charge in [-0.3, -0.25) is 4.79 Å². The Morgan fingerprint density at radius 2 is 2.27 bits per heavy atom. The molecule has 1 rings (SSSR count). The predicted molar refractivity (Wildman–Crippen MR) is 62.5 cm³/mol. The van der Waals surface area contributed by atoms with Crippen molar-refractivity contribution in [1.82, 2.24) is 4.90 Å². The van der Waals surface area contributed by atoms with Crippen LogP contribution in [0.5, 0.6) is 0 Å². The predicted octanol–water partition coefficient (Wildman–Crippen LogP) is 1.76. The maximum Gasteiger partial charge on any atom is 0.226 e. The fourth-order valence-electron chi connectivity index (χ4n) is 2.31. The molecule has 0 saturated carbocycles. The number of rotatable bonds is 4. The number of amides is 1. The van der Waals surface area contributed by atoms with Crippen LogP contribution in [-0.2, 0) is 4.79 Å². The van der Waals surface area contributed by atoms with Gasteiger partial charge < -0.3 is 10.6 Å². The molecule has 3 nitrogen and oxygen atoms in total. The lowest BCUT2D eigenvalue weighted by molar-refractivity contribution is -0.138. The summed E-state index contributed by atoms with van der Waals surface area (Å²) in [5, 5.41) is 0. The van der Waals surface area contributed by atoms with Crippen molar-refractivity contribution >= 4 is 5.91 Å². The van der Waals surface area contributed by atoms with Crippen LogP contribution in [-0.4, -0.2) is 29.9 Å². The summed E-state index contributed by atoms with van der Waals surface area (Å²) in [5.41, 5.74) is 5.55. The Kier molecular flexibility index (Phi) is 5.09. The number of hydrogen-bond acceptors (Lipinski definition) is 2. The van der Waals surface area contributed by atoms with E-state index in [9.17, 15) is 4.79 Å². The molecule has 88 valence electrons. The molecule has 2 N–H and O–H groups in total. The molecule has 0 aliphatic carbocycles. The lowest BCUT2D eigenvalue weighted by atomic mass is 9.96. The number of hydrogen-bond donors (Lipinski definition) is 1. The standard InChI is InChI=1S/C12H24N2O/c1-3-6-11-7-4-5-8-14(11)12(15)10(2)9-13/h10-11H,3-9,13H2,1-2H3. The molecule has 1 aliphatic rings. The summed E-state index contributed by atoms with van der Waals surface area (Å²) in [6.07, 6.45) is 5.90. The molecule has 0 aromatic rings. The van der Waals surface area contributed by atoms with E-state index in [4.69, 9.17) is 5.73 Å². The molecule has 0 radical (unpaired) electrons. The number of likely N-dealkylation sites (tertiary alicyclic amines) is 1. The zero-order valence-corrected chi connectivity index (χ0v) is 10.0. The van der Waals surface area contributed by atoms with Crippen molar-refractivity contribution in [2.45, 2.75) is 52.0 Å². The molecular formula is C12H24N2O. The van der Waals surface area contributed by atoms with Gasteiger partial charge in [-0.25, -0.2) is 0 Å². The van der Waals surface area contributed by atoms with Gasteiger partial charge in [0.2, 0.25) is 5.91 Å².